The first kappa shape index (κ1) is 13.1. The highest BCUT2D eigenvalue weighted by atomic mass is 16.6. The molecule has 0 bridgehead atoms. The van der Waals surface area contributed by atoms with E-state index in [0.717, 1.165) is 11.1 Å². The number of benzene rings is 1. The van der Waals surface area contributed by atoms with Gasteiger partial charge in [-0.25, -0.2) is 9.59 Å². The summed E-state index contributed by atoms with van der Waals surface area (Å²) in [6, 6.07) is 5.13. The van der Waals surface area contributed by atoms with Crippen LogP contribution >= 0.6 is 0 Å². The van der Waals surface area contributed by atoms with E-state index < -0.39 is 12.1 Å². The monoisotopic (exact) mass is 261 g/mol. The lowest BCUT2D eigenvalue weighted by atomic mass is 9.95. The summed E-state index contributed by atoms with van der Waals surface area (Å²) in [5.74, 6) is -0.931. The Balaban J connectivity index is 2.16. The quantitative estimate of drug-likeness (QED) is 0.846. The first-order chi connectivity index (χ1) is 9.13. The molecule has 5 heteroatoms. The molecule has 1 N–H and O–H groups in total. The highest BCUT2D eigenvalue weighted by molar-refractivity contribution is 5.90. The standard InChI is InChI=1S/C14H15NO4/c1-2-8-19-14(18)15-7-6-11-10(9-15)4-3-5-12(11)13(16)17/h2-5H,1,6-9H2,(H,16,17). The van der Waals surface area contributed by atoms with Gasteiger partial charge in [0.15, 0.2) is 0 Å². The zero-order valence-corrected chi connectivity index (χ0v) is 10.5. The number of fused-ring (bicyclic) bond motifs is 1. The molecule has 0 saturated heterocycles. The molecule has 100 valence electrons. The van der Waals surface area contributed by atoms with Gasteiger partial charge in [0.1, 0.15) is 6.61 Å². The third-order valence-electron chi connectivity index (χ3n) is 3.08. The van der Waals surface area contributed by atoms with Crippen LogP contribution in [-0.2, 0) is 17.7 Å². The number of amides is 1. The largest absolute Gasteiger partial charge is 0.478 e. The highest BCUT2D eigenvalue weighted by Crippen LogP contribution is 2.23. The van der Waals surface area contributed by atoms with E-state index >= 15 is 0 Å². The van der Waals surface area contributed by atoms with Crippen molar-refractivity contribution < 1.29 is 19.4 Å². The average molecular weight is 261 g/mol. The Bertz CT molecular complexity index is 524. The van der Waals surface area contributed by atoms with Gasteiger partial charge >= 0.3 is 12.1 Å². The van der Waals surface area contributed by atoms with Crippen LogP contribution in [0.25, 0.3) is 0 Å². The fourth-order valence-electron chi connectivity index (χ4n) is 2.19. The van der Waals surface area contributed by atoms with Crippen LogP contribution < -0.4 is 0 Å². The van der Waals surface area contributed by atoms with Crippen LogP contribution in [0.1, 0.15) is 21.5 Å². The first-order valence-electron chi connectivity index (χ1n) is 6.00. The second-order valence-corrected chi connectivity index (χ2v) is 4.29. The van der Waals surface area contributed by atoms with E-state index in [1.807, 2.05) is 6.07 Å². The molecule has 0 aliphatic carbocycles. The fourth-order valence-corrected chi connectivity index (χ4v) is 2.19. The number of carboxylic acids is 1. The van der Waals surface area contributed by atoms with Gasteiger partial charge in [-0.3, -0.25) is 0 Å². The van der Waals surface area contributed by atoms with E-state index in [4.69, 9.17) is 9.84 Å². The Morgan fingerprint density at radius 3 is 2.95 bits per heavy atom. The van der Waals surface area contributed by atoms with Gasteiger partial charge in [0.25, 0.3) is 0 Å². The Morgan fingerprint density at radius 2 is 2.26 bits per heavy atom. The van der Waals surface area contributed by atoms with Crippen molar-refractivity contribution in [2.24, 2.45) is 0 Å². The minimum atomic E-state index is -0.931. The highest BCUT2D eigenvalue weighted by Gasteiger charge is 2.24. The van der Waals surface area contributed by atoms with Crippen molar-refractivity contribution >= 4 is 12.1 Å². The molecule has 0 radical (unpaired) electrons. The SMILES string of the molecule is C=CCOC(=O)N1CCc2c(cccc2C(=O)O)C1. The number of hydrogen-bond acceptors (Lipinski definition) is 3. The number of carbonyl (C=O) groups excluding carboxylic acids is 1. The van der Waals surface area contributed by atoms with Crippen molar-refractivity contribution in [1.82, 2.24) is 4.90 Å². The minimum Gasteiger partial charge on any atom is -0.478 e. The first-order valence-corrected chi connectivity index (χ1v) is 6.00. The molecule has 0 aromatic heterocycles. The van der Waals surface area contributed by atoms with E-state index in [9.17, 15) is 9.59 Å². The van der Waals surface area contributed by atoms with Crippen LogP contribution in [0.4, 0.5) is 4.79 Å². The summed E-state index contributed by atoms with van der Waals surface area (Å²) >= 11 is 0. The second-order valence-electron chi connectivity index (χ2n) is 4.29. The maximum absolute atomic E-state index is 11.7. The minimum absolute atomic E-state index is 0.178. The molecule has 1 aliphatic rings. The lowest BCUT2D eigenvalue weighted by Gasteiger charge is -2.28. The van der Waals surface area contributed by atoms with Crippen molar-refractivity contribution in [1.29, 1.82) is 0 Å². The predicted molar refractivity (Wildman–Crippen MR) is 69.1 cm³/mol. The summed E-state index contributed by atoms with van der Waals surface area (Å²) < 4.78 is 4.98. The van der Waals surface area contributed by atoms with Crippen molar-refractivity contribution in [3.63, 3.8) is 0 Å². The van der Waals surface area contributed by atoms with Crippen LogP contribution in [0.2, 0.25) is 0 Å². The van der Waals surface area contributed by atoms with Crippen LogP contribution in [-0.4, -0.2) is 35.2 Å². The molecule has 0 fully saturated rings. The molecule has 0 atom stereocenters. The zero-order chi connectivity index (χ0) is 13.8. The lowest BCUT2D eigenvalue weighted by Crippen LogP contribution is -2.37. The van der Waals surface area contributed by atoms with Gasteiger partial charge in [0.05, 0.1) is 5.56 Å². The second kappa shape index (κ2) is 5.56. The van der Waals surface area contributed by atoms with Gasteiger partial charge in [-0.2, -0.15) is 0 Å². The van der Waals surface area contributed by atoms with Gasteiger partial charge in [0.2, 0.25) is 0 Å². The van der Waals surface area contributed by atoms with Gasteiger partial charge in [-0.15, -0.1) is 0 Å². The smallest absolute Gasteiger partial charge is 0.410 e. The summed E-state index contributed by atoms with van der Waals surface area (Å²) in [5, 5.41) is 9.12. The van der Waals surface area contributed by atoms with Crippen molar-refractivity contribution in [3.8, 4) is 0 Å². The summed E-state index contributed by atoms with van der Waals surface area (Å²) in [4.78, 5) is 24.4. The molecule has 0 spiro atoms. The third kappa shape index (κ3) is 2.76. The van der Waals surface area contributed by atoms with Crippen molar-refractivity contribution in [2.75, 3.05) is 13.2 Å². The van der Waals surface area contributed by atoms with Gasteiger partial charge in [-0.1, -0.05) is 24.8 Å². The van der Waals surface area contributed by atoms with E-state index in [2.05, 4.69) is 6.58 Å². The van der Waals surface area contributed by atoms with Crippen molar-refractivity contribution in [2.45, 2.75) is 13.0 Å². The molecular formula is C14H15NO4. The fraction of sp³-hybridized carbons (Fsp3) is 0.286. The summed E-state index contributed by atoms with van der Waals surface area (Å²) in [5.41, 5.74) is 1.99. The zero-order valence-electron chi connectivity index (χ0n) is 10.5. The predicted octanol–water partition coefficient (Wildman–Crippen LogP) is 2.07. The Labute approximate surface area is 111 Å². The molecule has 1 amide bonds. The number of hydrogen-bond donors (Lipinski definition) is 1. The molecule has 0 saturated carbocycles. The Kier molecular flexibility index (Phi) is 3.85. The molecule has 19 heavy (non-hydrogen) atoms. The van der Waals surface area contributed by atoms with E-state index in [1.165, 1.54) is 6.08 Å². The molecule has 1 aliphatic heterocycles. The van der Waals surface area contributed by atoms with E-state index in [1.54, 1.807) is 17.0 Å². The maximum atomic E-state index is 11.7. The molecule has 5 nitrogen and oxygen atoms in total. The molecular weight excluding hydrogens is 246 g/mol. The Hall–Kier alpha value is -2.30. The topological polar surface area (TPSA) is 66.8 Å². The van der Waals surface area contributed by atoms with Crippen molar-refractivity contribution in [3.05, 3.63) is 47.5 Å². The number of ether oxygens (including phenoxy) is 1. The number of carboxylic acid groups (broad SMARTS) is 1. The average Bonchev–Trinajstić information content (AvgIpc) is 2.43. The summed E-state index contributed by atoms with van der Waals surface area (Å²) in [7, 11) is 0. The number of rotatable bonds is 3. The van der Waals surface area contributed by atoms with E-state index in [-0.39, 0.29) is 6.61 Å². The van der Waals surface area contributed by atoms with Crippen LogP contribution in [0.15, 0.2) is 30.9 Å². The van der Waals surface area contributed by atoms with Gasteiger partial charge in [-0.05, 0) is 23.6 Å². The van der Waals surface area contributed by atoms with E-state index in [0.29, 0.717) is 25.1 Å². The number of nitrogens with zero attached hydrogens (tertiary/aromatic N) is 1. The molecule has 2 rings (SSSR count). The maximum Gasteiger partial charge on any atom is 0.410 e. The number of aromatic carboxylic acids is 1. The van der Waals surface area contributed by atoms with Crippen LogP contribution in [0, 0.1) is 0 Å². The molecule has 1 heterocycles. The van der Waals surface area contributed by atoms with Crippen LogP contribution in [0.5, 0.6) is 0 Å². The van der Waals surface area contributed by atoms with Gasteiger partial charge in [0, 0.05) is 13.1 Å². The third-order valence-corrected chi connectivity index (χ3v) is 3.08. The lowest BCUT2D eigenvalue weighted by molar-refractivity contribution is 0.0694. The van der Waals surface area contributed by atoms with Crippen LogP contribution in [0.3, 0.4) is 0 Å². The Morgan fingerprint density at radius 1 is 1.47 bits per heavy atom. The molecule has 0 unspecified atom stereocenters. The number of carbonyl (C=O) groups is 2. The van der Waals surface area contributed by atoms with Gasteiger partial charge < -0.3 is 14.7 Å². The summed E-state index contributed by atoms with van der Waals surface area (Å²) in [6.45, 7) is 4.51. The summed E-state index contributed by atoms with van der Waals surface area (Å²) in [6.07, 6.45) is 1.64. The molecule has 1 aromatic rings. The normalized spacial score (nSPS) is 13.6. The molecule has 1 aromatic carbocycles.